The largest absolute Gasteiger partial charge is 0.439 e. The lowest BCUT2D eigenvalue weighted by atomic mass is 11.8. The second-order valence-corrected chi connectivity index (χ2v) is 4.94. The summed E-state index contributed by atoms with van der Waals surface area (Å²) in [6.07, 6.45) is 0. The molecule has 0 aromatic heterocycles. The first-order chi connectivity index (χ1) is 3.48. The number of hydrogen-bond acceptors (Lipinski definition) is 3. The van der Waals surface area contributed by atoms with E-state index < -0.39 is 17.5 Å². The van der Waals surface area contributed by atoms with Crippen molar-refractivity contribution in [2.24, 2.45) is 0 Å². The topological polar surface area (TPSA) is 83.8 Å². The number of hydrogen-bond donors (Lipinski definition) is 2. The Hall–Kier alpha value is 0.260. The maximum absolute atomic E-state index is 9.96. The van der Waals surface area contributed by atoms with Crippen molar-refractivity contribution in [3.8, 4) is 0 Å². The highest BCUT2D eigenvalue weighted by atomic mass is 32.8. The molecule has 0 amide bonds. The summed E-state index contributed by atoms with van der Waals surface area (Å²) in [5.41, 5.74) is 0. The molecule has 2 N–H and O–H groups in total. The lowest BCUT2D eigenvalue weighted by molar-refractivity contribution is 0.378. The summed E-state index contributed by atoms with van der Waals surface area (Å²) >= 11 is 0. The van der Waals surface area contributed by atoms with Crippen LogP contribution in [0.5, 0.6) is 0 Å². The standard InChI is InChI=1S/CH5O5PS/c1-6-8(5)7(2,3)4/h1H3,(H2,2,3,4). The third-order valence-electron chi connectivity index (χ3n) is 0.337. The molecule has 0 aromatic rings. The van der Waals surface area contributed by atoms with E-state index in [1.807, 2.05) is 0 Å². The van der Waals surface area contributed by atoms with Gasteiger partial charge in [0.15, 0.2) is 0 Å². The molecule has 0 saturated carbocycles. The molecule has 0 aliphatic heterocycles. The SMILES string of the molecule is COS(=O)P(=O)(O)O. The van der Waals surface area contributed by atoms with Gasteiger partial charge in [0.2, 0.25) is 0 Å². The van der Waals surface area contributed by atoms with Crippen molar-refractivity contribution in [1.82, 2.24) is 0 Å². The minimum Gasteiger partial charge on any atom is -0.313 e. The predicted molar refractivity (Wildman–Crippen MR) is 27.2 cm³/mol. The van der Waals surface area contributed by atoms with Crippen molar-refractivity contribution in [1.29, 1.82) is 0 Å². The van der Waals surface area contributed by atoms with E-state index in [1.165, 1.54) is 0 Å². The van der Waals surface area contributed by atoms with Gasteiger partial charge in [0.25, 0.3) is 10.7 Å². The summed E-state index contributed by atoms with van der Waals surface area (Å²) in [7, 11) is -1.52. The van der Waals surface area contributed by atoms with Crippen molar-refractivity contribution in [3.63, 3.8) is 0 Å². The van der Waals surface area contributed by atoms with Crippen LogP contribution >= 0.6 is 6.80 Å². The lowest BCUT2D eigenvalue weighted by Crippen LogP contribution is -1.91. The molecule has 7 heteroatoms. The highest BCUT2D eigenvalue weighted by Crippen LogP contribution is 2.39. The van der Waals surface area contributed by atoms with Gasteiger partial charge in [-0.15, -0.1) is 0 Å². The summed E-state index contributed by atoms with van der Waals surface area (Å²) in [6.45, 7) is -4.51. The molecule has 0 rings (SSSR count). The molecule has 0 radical (unpaired) electrons. The molecule has 1 atom stereocenters. The molecule has 0 spiro atoms. The molecule has 5 nitrogen and oxygen atoms in total. The minimum absolute atomic E-state index is 0.954. The van der Waals surface area contributed by atoms with Crippen LogP contribution < -0.4 is 0 Å². The molecule has 0 aliphatic carbocycles. The van der Waals surface area contributed by atoms with Gasteiger partial charge in [0, 0.05) is 0 Å². The Labute approximate surface area is 48.2 Å². The predicted octanol–water partition coefficient (Wildman–Crippen LogP) is -0.611. The molecular weight excluding hydrogens is 155 g/mol. The van der Waals surface area contributed by atoms with Crippen molar-refractivity contribution >= 4 is 17.5 Å². The molecular formula is CH5O5PS. The van der Waals surface area contributed by atoms with E-state index in [0.717, 1.165) is 7.11 Å². The van der Waals surface area contributed by atoms with Crippen LogP contribution in [-0.4, -0.2) is 21.1 Å². The van der Waals surface area contributed by atoms with E-state index >= 15 is 0 Å². The van der Waals surface area contributed by atoms with Gasteiger partial charge in [-0.2, -0.15) is 0 Å². The van der Waals surface area contributed by atoms with Gasteiger partial charge in [-0.3, -0.25) is 4.18 Å². The Balaban J connectivity index is 4.04. The van der Waals surface area contributed by atoms with Crippen LogP contribution in [0.15, 0.2) is 0 Å². The molecule has 0 aliphatic rings. The summed E-state index contributed by atoms with van der Waals surface area (Å²) in [5.74, 6) is 0. The molecule has 1 unspecified atom stereocenters. The molecule has 0 bridgehead atoms. The monoisotopic (exact) mass is 160 g/mol. The molecule has 0 heterocycles. The Morgan fingerprint density at radius 2 is 2.00 bits per heavy atom. The van der Waals surface area contributed by atoms with Crippen molar-refractivity contribution in [2.75, 3.05) is 7.11 Å². The quantitative estimate of drug-likeness (QED) is 0.526. The normalized spacial score (nSPS) is 15.9. The summed E-state index contributed by atoms with van der Waals surface area (Å²) < 4.78 is 23.6. The average Bonchev–Trinajstić information content (AvgIpc) is 1.62. The Bertz CT molecular complexity index is 135. The first kappa shape index (κ1) is 8.26. The maximum Gasteiger partial charge on any atom is 0.439 e. The molecule has 50 valence electrons. The van der Waals surface area contributed by atoms with E-state index in [4.69, 9.17) is 9.79 Å². The van der Waals surface area contributed by atoms with Gasteiger partial charge in [-0.25, -0.2) is 8.77 Å². The lowest BCUT2D eigenvalue weighted by Gasteiger charge is -1.96. The first-order valence-electron chi connectivity index (χ1n) is 1.51. The second-order valence-electron chi connectivity index (χ2n) is 0.874. The van der Waals surface area contributed by atoms with Crippen molar-refractivity contribution in [3.05, 3.63) is 0 Å². The summed E-state index contributed by atoms with van der Waals surface area (Å²) in [6, 6.07) is 0. The Morgan fingerprint density at radius 3 is 2.00 bits per heavy atom. The van der Waals surface area contributed by atoms with E-state index in [9.17, 15) is 8.77 Å². The fourth-order valence-electron chi connectivity index (χ4n) is 0.0971. The molecule has 0 fully saturated rings. The highest BCUT2D eigenvalue weighted by Gasteiger charge is 2.23. The van der Waals surface area contributed by atoms with Gasteiger partial charge < -0.3 is 9.79 Å². The number of rotatable bonds is 2. The third-order valence-corrected chi connectivity index (χ3v) is 2.62. The van der Waals surface area contributed by atoms with Crippen LogP contribution in [0, 0.1) is 0 Å². The first-order valence-corrected chi connectivity index (χ1v) is 4.80. The fourth-order valence-corrected chi connectivity index (χ4v) is 0.874. The zero-order chi connectivity index (χ0) is 6.78. The van der Waals surface area contributed by atoms with E-state index in [2.05, 4.69) is 4.18 Å². The fraction of sp³-hybridized carbons (Fsp3) is 1.00. The van der Waals surface area contributed by atoms with E-state index in [-0.39, 0.29) is 0 Å². The van der Waals surface area contributed by atoms with Crippen LogP contribution in [0.1, 0.15) is 0 Å². The van der Waals surface area contributed by atoms with Gasteiger partial charge >= 0.3 is 6.80 Å². The Kier molecular flexibility index (Phi) is 2.79. The molecule has 0 saturated heterocycles. The highest BCUT2D eigenvalue weighted by molar-refractivity contribution is 8.42. The van der Waals surface area contributed by atoms with E-state index in [0.29, 0.717) is 0 Å². The zero-order valence-electron chi connectivity index (χ0n) is 3.97. The van der Waals surface area contributed by atoms with E-state index in [1.54, 1.807) is 0 Å². The second kappa shape index (κ2) is 2.70. The maximum atomic E-state index is 9.96. The van der Waals surface area contributed by atoms with Crippen molar-refractivity contribution < 1.29 is 22.7 Å². The molecule has 8 heavy (non-hydrogen) atoms. The Morgan fingerprint density at radius 1 is 1.62 bits per heavy atom. The smallest absolute Gasteiger partial charge is 0.313 e. The minimum atomic E-state index is -4.51. The van der Waals surface area contributed by atoms with Gasteiger partial charge in [0.05, 0.1) is 7.11 Å². The van der Waals surface area contributed by atoms with Crippen LogP contribution in [0.3, 0.4) is 0 Å². The van der Waals surface area contributed by atoms with Gasteiger partial charge in [-0.1, -0.05) is 0 Å². The van der Waals surface area contributed by atoms with Gasteiger partial charge in [-0.05, 0) is 0 Å². The van der Waals surface area contributed by atoms with Crippen molar-refractivity contribution in [2.45, 2.75) is 0 Å². The van der Waals surface area contributed by atoms with Crippen LogP contribution in [0.2, 0.25) is 0 Å². The van der Waals surface area contributed by atoms with Crippen LogP contribution in [0.4, 0.5) is 0 Å². The summed E-state index contributed by atoms with van der Waals surface area (Å²) in [4.78, 5) is 15.9. The van der Waals surface area contributed by atoms with Gasteiger partial charge in [0.1, 0.15) is 0 Å². The van der Waals surface area contributed by atoms with Crippen LogP contribution in [0.25, 0.3) is 0 Å². The molecule has 0 aromatic carbocycles. The van der Waals surface area contributed by atoms with Crippen LogP contribution in [-0.2, 0) is 19.4 Å². The zero-order valence-corrected chi connectivity index (χ0v) is 5.69. The summed E-state index contributed by atoms with van der Waals surface area (Å²) in [5, 5.41) is 0. The average molecular weight is 160 g/mol. The third kappa shape index (κ3) is 2.54.